The summed E-state index contributed by atoms with van der Waals surface area (Å²) in [6.45, 7) is 4.73. The zero-order chi connectivity index (χ0) is 43.0. The molecule has 1 aromatic heterocycles. The molecule has 0 fully saturated rings. The lowest BCUT2D eigenvalue weighted by atomic mass is 9.59. The van der Waals surface area contributed by atoms with Crippen molar-refractivity contribution in [2.45, 2.75) is 34.5 Å². The topological polar surface area (TPSA) is 8.17 Å². The lowest BCUT2D eigenvalue weighted by Gasteiger charge is -2.46. The van der Waals surface area contributed by atoms with Gasteiger partial charge in [-0.25, -0.2) is 0 Å². The van der Waals surface area contributed by atoms with E-state index in [2.05, 4.69) is 242 Å². The van der Waals surface area contributed by atoms with Crippen LogP contribution in [0.1, 0.15) is 47.2 Å². The van der Waals surface area contributed by atoms with Crippen molar-refractivity contribution < 1.29 is 0 Å². The summed E-state index contributed by atoms with van der Waals surface area (Å²) in [6.07, 6.45) is 0. The molecule has 1 aliphatic heterocycles. The fourth-order valence-electron chi connectivity index (χ4n) is 12.1. The van der Waals surface area contributed by atoms with Gasteiger partial charge in [-0.2, -0.15) is 0 Å². The summed E-state index contributed by atoms with van der Waals surface area (Å²) >= 11 is 1.90. The van der Waals surface area contributed by atoms with E-state index in [0.717, 1.165) is 17.1 Å². The predicted molar refractivity (Wildman–Crippen MR) is 272 cm³/mol. The molecule has 2 heterocycles. The summed E-state index contributed by atoms with van der Waals surface area (Å²) in [5.74, 6) is 0. The van der Waals surface area contributed by atoms with Gasteiger partial charge in [-0.05, 0) is 122 Å². The number of para-hydroxylation sites is 2. The Morgan fingerprint density at radius 2 is 1.02 bits per heavy atom. The third-order valence-electron chi connectivity index (χ3n) is 14.8. The largest absolute Gasteiger partial charge is 0.310 e. The Bertz CT molecular complexity index is 3800. The van der Waals surface area contributed by atoms with E-state index in [1.165, 1.54) is 104 Å². The SMILES string of the molecule is CC1(C)c2ccccc2-c2c(-n3c4ccccc4c4cc(N(c5ccccc5)c5ccc6c(c5)Sc5ccccc5C65c6ccccc6-c6cccc7cccc5c67)ccc43)cccc21. The van der Waals surface area contributed by atoms with Crippen LogP contribution < -0.4 is 4.90 Å². The van der Waals surface area contributed by atoms with Crippen molar-refractivity contribution in [2.24, 2.45) is 0 Å². The van der Waals surface area contributed by atoms with E-state index >= 15 is 0 Å². The van der Waals surface area contributed by atoms with Gasteiger partial charge in [0.25, 0.3) is 0 Å². The number of hydrogen-bond acceptors (Lipinski definition) is 2. The van der Waals surface area contributed by atoms with Crippen molar-refractivity contribution in [3.8, 4) is 27.9 Å². The number of nitrogens with zero attached hydrogens (tertiary/aromatic N) is 2. The van der Waals surface area contributed by atoms with Crippen LogP contribution in [-0.2, 0) is 10.8 Å². The van der Waals surface area contributed by atoms with E-state index < -0.39 is 5.41 Å². The van der Waals surface area contributed by atoms with E-state index in [4.69, 9.17) is 0 Å². The molecule has 1 unspecified atom stereocenters. The highest BCUT2D eigenvalue weighted by atomic mass is 32.2. The van der Waals surface area contributed by atoms with Crippen LogP contribution in [0.2, 0.25) is 0 Å². The summed E-state index contributed by atoms with van der Waals surface area (Å²) in [4.78, 5) is 5.01. The van der Waals surface area contributed by atoms with E-state index in [1.54, 1.807) is 0 Å². The Morgan fingerprint density at radius 1 is 0.400 bits per heavy atom. The standard InChI is InChI=1S/C62H42N2S/c1-61(2)48-25-9-7-23-46(48)60-52(61)28-16-31-56(60)64-54-30-12-8-22-44(54)47-37-41(34-36-55(47)64)63(40-19-4-3-5-20-40)42-33-35-51-58(38-42)65-57-32-13-11-27-50(57)62(51)49-26-10-6-21-43(49)45-24-14-17-39-18-15-29-53(62)59(39)45/h3-38H,1-2H3. The van der Waals surface area contributed by atoms with Gasteiger partial charge in [0.2, 0.25) is 0 Å². The van der Waals surface area contributed by atoms with Gasteiger partial charge in [0, 0.05) is 48.6 Å². The van der Waals surface area contributed by atoms with Crippen LogP contribution in [0.5, 0.6) is 0 Å². The van der Waals surface area contributed by atoms with Crippen molar-refractivity contribution in [1.82, 2.24) is 4.57 Å². The van der Waals surface area contributed by atoms with E-state index in [9.17, 15) is 0 Å². The fraction of sp³-hybridized carbons (Fsp3) is 0.0645. The number of rotatable bonds is 4. The predicted octanol–water partition coefficient (Wildman–Crippen LogP) is 16.5. The molecule has 0 bridgehead atoms. The quantitative estimate of drug-likeness (QED) is 0.174. The second-order valence-corrected chi connectivity index (χ2v) is 19.5. The summed E-state index contributed by atoms with van der Waals surface area (Å²) in [5.41, 5.74) is 19.8. The molecule has 14 rings (SSSR count). The molecule has 0 N–H and O–H groups in total. The molecule has 306 valence electrons. The van der Waals surface area contributed by atoms with Gasteiger partial charge in [0.05, 0.1) is 22.1 Å². The lowest BCUT2D eigenvalue weighted by Crippen LogP contribution is -2.36. The first-order chi connectivity index (χ1) is 32.0. The van der Waals surface area contributed by atoms with Gasteiger partial charge in [0.15, 0.2) is 0 Å². The molecule has 10 aromatic carbocycles. The monoisotopic (exact) mass is 846 g/mol. The molecule has 2 nitrogen and oxygen atoms in total. The zero-order valence-corrected chi connectivity index (χ0v) is 36.9. The third kappa shape index (κ3) is 4.91. The van der Waals surface area contributed by atoms with Gasteiger partial charge >= 0.3 is 0 Å². The highest BCUT2D eigenvalue weighted by molar-refractivity contribution is 7.99. The second-order valence-electron chi connectivity index (χ2n) is 18.4. The zero-order valence-electron chi connectivity index (χ0n) is 36.1. The van der Waals surface area contributed by atoms with E-state index in [-0.39, 0.29) is 5.41 Å². The Labute approximate surface area is 383 Å². The lowest BCUT2D eigenvalue weighted by molar-refractivity contribution is 0.660. The number of hydrogen-bond donors (Lipinski definition) is 0. The molecule has 2 aliphatic carbocycles. The minimum atomic E-state index is -0.494. The maximum Gasteiger partial charge on any atom is 0.0735 e. The van der Waals surface area contributed by atoms with Gasteiger partial charge in [0.1, 0.15) is 0 Å². The number of benzene rings is 10. The fourth-order valence-corrected chi connectivity index (χ4v) is 13.4. The van der Waals surface area contributed by atoms with Gasteiger partial charge < -0.3 is 9.47 Å². The average Bonchev–Trinajstić information content (AvgIpc) is 3.81. The maximum atomic E-state index is 2.51. The van der Waals surface area contributed by atoms with Crippen LogP contribution >= 0.6 is 11.8 Å². The molecule has 1 atom stereocenters. The highest BCUT2D eigenvalue weighted by Gasteiger charge is 2.48. The van der Waals surface area contributed by atoms with Crippen molar-refractivity contribution in [1.29, 1.82) is 0 Å². The maximum absolute atomic E-state index is 2.51. The molecule has 3 aliphatic rings. The van der Waals surface area contributed by atoms with Crippen molar-refractivity contribution in [3.05, 3.63) is 252 Å². The molecule has 1 spiro atoms. The molecule has 0 saturated heterocycles. The Morgan fingerprint density at radius 3 is 1.89 bits per heavy atom. The summed E-state index contributed by atoms with van der Waals surface area (Å²) < 4.78 is 2.51. The molecule has 65 heavy (non-hydrogen) atoms. The second kappa shape index (κ2) is 13.5. The number of aromatic nitrogens is 1. The summed E-state index contributed by atoms with van der Waals surface area (Å²) in [6, 6.07) is 82.0. The Kier molecular flexibility index (Phi) is 7.63. The number of fused-ring (bicyclic) bond motifs is 14. The van der Waals surface area contributed by atoms with E-state index in [0.29, 0.717) is 0 Å². The molecule has 0 amide bonds. The summed E-state index contributed by atoms with van der Waals surface area (Å²) in [5, 5.41) is 5.09. The van der Waals surface area contributed by atoms with Crippen LogP contribution in [0, 0.1) is 0 Å². The molecule has 0 radical (unpaired) electrons. The number of anilines is 3. The van der Waals surface area contributed by atoms with Gasteiger partial charge in [-0.3, -0.25) is 0 Å². The molecular formula is C62H42N2S. The van der Waals surface area contributed by atoms with Crippen LogP contribution in [-0.4, -0.2) is 4.57 Å². The normalized spacial score (nSPS) is 16.0. The first-order valence-corrected chi connectivity index (χ1v) is 23.5. The van der Waals surface area contributed by atoms with Gasteiger partial charge in [-0.15, -0.1) is 0 Å². The molecule has 0 saturated carbocycles. The van der Waals surface area contributed by atoms with Gasteiger partial charge in [-0.1, -0.05) is 183 Å². The van der Waals surface area contributed by atoms with Crippen molar-refractivity contribution >= 4 is 61.4 Å². The summed E-state index contributed by atoms with van der Waals surface area (Å²) in [7, 11) is 0. The van der Waals surface area contributed by atoms with Crippen LogP contribution in [0.25, 0.3) is 60.5 Å². The minimum absolute atomic E-state index is 0.0862. The van der Waals surface area contributed by atoms with Crippen molar-refractivity contribution in [3.63, 3.8) is 0 Å². The Hall–Kier alpha value is -7.59. The molecule has 11 aromatic rings. The average molecular weight is 847 g/mol. The first-order valence-electron chi connectivity index (χ1n) is 22.7. The van der Waals surface area contributed by atoms with Crippen molar-refractivity contribution in [2.75, 3.05) is 4.90 Å². The highest BCUT2D eigenvalue weighted by Crippen LogP contribution is 2.62. The smallest absolute Gasteiger partial charge is 0.0735 e. The third-order valence-corrected chi connectivity index (χ3v) is 16.0. The van der Waals surface area contributed by atoms with E-state index in [1.807, 2.05) is 11.8 Å². The Balaban J connectivity index is 0.990. The first kappa shape index (κ1) is 36.8. The minimum Gasteiger partial charge on any atom is -0.310 e. The van der Waals surface area contributed by atoms with Crippen LogP contribution in [0.3, 0.4) is 0 Å². The molecule has 3 heteroatoms. The van der Waals surface area contributed by atoms with Crippen LogP contribution in [0.15, 0.2) is 228 Å². The molecular weight excluding hydrogens is 805 g/mol. The van der Waals surface area contributed by atoms with Crippen LogP contribution in [0.4, 0.5) is 17.1 Å².